The van der Waals surface area contributed by atoms with E-state index in [2.05, 4.69) is 25.9 Å². The van der Waals surface area contributed by atoms with Gasteiger partial charge in [0.15, 0.2) is 5.69 Å². The van der Waals surface area contributed by atoms with Crippen molar-refractivity contribution in [2.75, 3.05) is 0 Å². The lowest BCUT2D eigenvalue weighted by atomic mass is 10.3. The van der Waals surface area contributed by atoms with Crippen LogP contribution in [0.1, 0.15) is 5.69 Å². The van der Waals surface area contributed by atoms with Gasteiger partial charge in [-0.2, -0.15) is 5.26 Å². The van der Waals surface area contributed by atoms with Gasteiger partial charge in [0.2, 0.25) is 0 Å². The molecule has 4 heteroatoms. The Morgan fingerprint density at radius 3 is 2.92 bits per heavy atom. The van der Waals surface area contributed by atoms with Crippen LogP contribution in [-0.2, 0) is 0 Å². The summed E-state index contributed by atoms with van der Waals surface area (Å²) in [5.41, 5.74) is 1.86. The maximum Gasteiger partial charge on any atom is 0.159 e. The third-order valence-electron chi connectivity index (χ3n) is 1.62. The first-order chi connectivity index (χ1) is 6.29. The number of halogens is 1. The van der Waals surface area contributed by atoms with E-state index in [1.54, 1.807) is 0 Å². The van der Waals surface area contributed by atoms with Gasteiger partial charge in [0.1, 0.15) is 6.07 Å². The standard InChI is InChI=1S/C9H4BrN3/c10-6-1-2-8-9(3-6)13-7(4-11)5-12-8/h1-3,5H. The Bertz CT molecular complexity index is 502. The van der Waals surface area contributed by atoms with Crippen molar-refractivity contribution in [2.45, 2.75) is 0 Å². The van der Waals surface area contributed by atoms with Crippen LogP contribution in [0.3, 0.4) is 0 Å². The van der Waals surface area contributed by atoms with Crippen LogP contribution in [0.15, 0.2) is 28.9 Å². The second-order valence-corrected chi connectivity index (χ2v) is 3.42. The Balaban J connectivity index is 2.77. The number of benzene rings is 1. The Kier molecular flexibility index (Phi) is 1.95. The number of nitrogens with zero attached hydrogens (tertiary/aromatic N) is 3. The first kappa shape index (κ1) is 8.14. The van der Waals surface area contributed by atoms with E-state index >= 15 is 0 Å². The number of hydrogen-bond donors (Lipinski definition) is 0. The Morgan fingerprint density at radius 1 is 1.31 bits per heavy atom. The van der Waals surface area contributed by atoms with Crippen molar-refractivity contribution in [3.05, 3.63) is 34.6 Å². The molecular weight excluding hydrogens is 230 g/mol. The highest BCUT2D eigenvalue weighted by atomic mass is 79.9. The minimum Gasteiger partial charge on any atom is -0.252 e. The van der Waals surface area contributed by atoms with Crippen LogP contribution in [0.25, 0.3) is 11.0 Å². The number of nitriles is 1. The maximum atomic E-state index is 8.60. The van der Waals surface area contributed by atoms with Gasteiger partial charge in [-0.05, 0) is 18.2 Å². The summed E-state index contributed by atoms with van der Waals surface area (Å²) in [7, 11) is 0. The summed E-state index contributed by atoms with van der Waals surface area (Å²) in [4.78, 5) is 8.19. The summed E-state index contributed by atoms with van der Waals surface area (Å²) in [6.07, 6.45) is 1.47. The smallest absolute Gasteiger partial charge is 0.159 e. The average Bonchev–Trinajstić information content (AvgIpc) is 2.16. The lowest BCUT2D eigenvalue weighted by Gasteiger charge is -1.96. The first-order valence-corrected chi connectivity index (χ1v) is 4.41. The largest absolute Gasteiger partial charge is 0.252 e. The molecule has 1 aromatic heterocycles. The van der Waals surface area contributed by atoms with Gasteiger partial charge in [0, 0.05) is 4.47 Å². The van der Waals surface area contributed by atoms with Crippen molar-refractivity contribution in [2.24, 2.45) is 0 Å². The molecule has 62 valence electrons. The fraction of sp³-hybridized carbons (Fsp3) is 0. The molecule has 0 aliphatic carbocycles. The van der Waals surface area contributed by atoms with Gasteiger partial charge in [0.25, 0.3) is 0 Å². The highest BCUT2D eigenvalue weighted by Gasteiger charge is 1.98. The molecule has 0 unspecified atom stereocenters. The SMILES string of the molecule is N#Cc1cnc2ccc(Br)cc2n1. The summed E-state index contributed by atoms with van der Waals surface area (Å²) >= 11 is 3.33. The van der Waals surface area contributed by atoms with Gasteiger partial charge >= 0.3 is 0 Å². The predicted octanol–water partition coefficient (Wildman–Crippen LogP) is 2.26. The number of aromatic nitrogens is 2. The van der Waals surface area contributed by atoms with Crippen LogP contribution >= 0.6 is 15.9 Å². The molecular formula is C9H4BrN3. The quantitative estimate of drug-likeness (QED) is 0.702. The van der Waals surface area contributed by atoms with Crippen LogP contribution in [0.5, 0.6) is 0 Å². The molecule has 3 nitrogen and oxygen atoms in total. The monoisotopic (exact) mass is 233 g/mol. The minimum atomic E-state index is 0.339. The van der Waals surface area contributed by atoms with E-state index in [9.17, 15) is 0 Å². The van der Waals surface area contributed by atoms with Gasteiger partial charge in [0.05, 0.1) is 17.2 Å². The molecule has 1 aromatic carbocycles. The van der Waals surface area contributed by atoms with Crippen molar-refractivity contribution in [3.63, 3.8) is 0 Å². The molecule has 13 heavy (non-hydrogen) atoms. The lowest BCUT2D eigenvalue weighted by Crippen LogP contribution is -1.87. The first-order valence-electron chi connectivity index (χ1n) is 3.62. The molecule has 2 aromatic rings. The minimum absolute atomic E-state index is 0.339. The summed E-state index contributed by atoms with van der Waals surface area (Å²) < 4.78 is 0.935. The van der Waals surface area contributed by atoms with Crippen molar-refractivity contribution >= 4 is 27.0 Å². The van der Waals surface area contributed by atoms with Crippen LogP contribution < -0.4 is 0 Å². The summed E-state index contributed by atoms with van der Waals surface area (Å²) in [6.45, 7) is 0. The van der Waals surface area contributed by atoms with Crippen molar-refractivity contribution in [1.82, 2.24) is 9.97 Å². The topological polar surface area (TPSA) is 49.6 Å². The van der Waals surface area contributed by atoms with Crippen LogP contribution in [0.2, 0.25) is 0 Å². The zero-order valence-corrected chi connectivity index (χ0v) is 8.12. The molecule has 0 atom stereocenters. The van der Waals surface area contributed by atoms with Crippen molar-refractivity contribution < 1.29 is 0 Å². The Hall–Kier alpha value is -1.47. The number of fused-ring (bicyclic) bond motifs is 1. The number of hydrogen-bond acceptors (Lipinski definition) is 3. The van der Waals surface area contributed by atoms with E-state index in [1.165, 1.54) is 6.20 Å². The Morgan fingerprint density at radius 2 is 2.15 bits per heavy atom. The molecule has 0 N–H and O–H groups in total. The summed E-state index contributed by atoms with van der Waals surface area (Å²) in [5.74, 6) is 0. The van der Waals surface area contributed by atoms with Crippen molar-refractivity contribution in [1.29, 1.82) is 5.26 Å². The fourth-order valence-corrected chi connectivity index (χ4v) is 1.39. The van der Waals surface area contributed by atoms with Gasteiger partial charge in [-0.15, -0.1) is 0 Å². The molecule has 2 rings (SSSR count). The van der Waals surface area contributed by atoms with E-state index < -0.39 is 0 Å². The van der Waals surface area contributed by atoms with Crippen molar-refractivity contribution in [3.8, 4) is 6.07 Å². The fourth-order valence-electron chi connectivity index (χ4n) is 1.04. The lowest BCUT2D eigenvalue weighted by molar-refractivity contribution is 1.24. The molecule has 0 fully saturated rings. The zero-order valence-electron chi connectivity index (χ0n) is 6.53. The molecule has 0 radical (unpaired) electrons. The zero-order chi connectivity index (χ0) is 9.26. The van der Waals surface area contributed by atoms with E-state index in [0.29, 0.717) is 5.69 Å². The average molecular weight is 234 g/mol. The highest BCUT2D eigenvalue weighted by molar-refractivity contribution is 9.10. The van der Waals surface area contributed by atoms with Gasteiger partial charge in [-0.1, -0.05) is 15.9 Å². The molecule has 0 aliphatic heterocycles. The highest BCUT2D eigenvalue weighted by Crippen LogP contribution is 2.16. The van der Waals surface area contributed by atoms with E-state index in [0.717, 1.165) is 15.5 Å². The summed E-state index contributed by atoms with van der Waals surface area (Å²) in [5, 5.41) is 8.60. The molecule has 0 saturated carbocycles. The molecule has 0 saturated heterocycles. The second kappa shape index (κ2) is 3.11. The third kappa shape index (κ3) is 1.51. The second-order valence-electron chi connectivity index (χ2n) is 2.50. The van der Waals surface area contributed by atoms with Crippen LogP contribution in [0.4, 0.5) is 0 Å². The third-order valence-corrected chi connectivity index (χ3v) is 2.11. The van der Waals surface area contributed by atoms with Gasteiger partial charge in [-0.25, -0.2) is 4.98 Å². The van der Waals surface area contributed by atoms with Gasteiger partial charge < -0.3 is 0 Å². The maximum absolute atomic E-state index is 8.60. The molecule has 0 amide bonds. The molecule has 0 bridgehead atoms. The molecule has 0 aliphatic rings. The van der Waals surface area contributed by atoms with E-state index in [-0.39, 0.29) is 0 Å². The normalized spacial score (nSPS) is 9.85. The van der Waals surface area contributed by atoms with E-state index in [1.807, 2.05) is 24.3 Å². The van der Waals surface area contributed by atoms with Crippen LogP contribution in [-0.4, -0.2) is 9.97 Å². The van der Waals surface area contributed by atoms with Gasteiger partial charge in [-0.3, -0.25) is 4.98 Å². The molecule has 1 heterocycles. The molecule has 0 spiro atoms. The van der Waals surface area contributed by atoms with Crippen LogP contribution in [0, 0.1) is 11.3 Å². The predicted molar refractivity (Wildman–Crippen MR) is 52.0 cm³/mol. The van der Waals surface area contributed by atoms with E-state index in [4.69, 9.17) is 5.26 Å². The number of rotatable bonds is 0. The Labute approximate surface area is 83.2 Å². The summed E-state index contributed by atoms with van der Waals surface area (Å²) in [6, 6.07) is 7.53.